The largest absolute Gasteiger partial charge is 0.388 e. The van der Waals surface area contributed by atoms with Gasteiger partial charge in [-0.3, -0.25) is 24.6 Å². The van der Waals surface area contributed by atoms with E-state index in [4.69, 9.17) is 0 Å². The molecule has 3 atom stereocenters. The minimum atomic E-state index is -1.02. The van der Waals surface area contributed by atoms with Gasteiger partial charge in [0.25, 0.3) is 5.91 Å². The third-order valence-corrected chi connectivity index (χ3v) is 6.99. The van der Waals surface area contributed by atoms with E-state index in [1.807, 2.05) is 48.5 Å². The van der Waals surface area contributed by atoms with Crippen LogP contribution in [-0.4, -0.2) is 32.1 Å². The third-order valence-electron chi connectivity index (χ3n) is 6.99. The van der Waals surface area contributed by atoms with Crippen molar-refractivity contribution in [2.45, 2.75) is 50.8 Å². The van der Waals surface area contributed by atoms with Crippen molar-refractivity contribution in [3.8, 4) is 0 Å². The van der Waals surface area contributed by atoms with Crippen molar-refractivity contribution < 1.29 is 14.7 Å². The molecule has 0 aliphatic heterocycles. The van der Waals surface area contributed by atoms with Crippen molar-refractivity contribution in [3.05, 3.63) is 113 Å². The molecule has 4 aromatic rings. The maximum absolute atomic E-state index is 14.1. The molecule has 2 aromatic carbocycles. The van der Waals surface area contributed by atoms with E-state index < -0.39 is 12.1 Å². The molecule has 0 saturated heterocycles. The molecular formula is C30H31N5O3. The van der Waals surface area contributed by atoms with Gasteiger partial charge in [-0.15, -0.1) is 0 Å². The van der Waals surface area contributed by atoms with Gasteiger partial charge in [0.2, 0.25) is 5.91 Å². The molecule has 0 saturated carbocycles. The van der Waals surface area contributed by atoms with Gasteiger partial charge in [-0.2, -0.15) is 5.10 Å². The zero-order chi connectivity index (χ0) is 26.9. The van der Waals surface area contributed by atoms with Crippen molar-refractivity contribution in [3.63, 3.8) is 0 Å². The average Bonchev–Trinajstić information content (AvgIpc) is 3.56. The molecule has 2 aromatic heterocycles. The van der Waals surface area contributed by atoms with E-state index in [0.717, 1.165) is 16.7 Å². The third kappa shape index (κ3) is 4.95. The first-order valence-corrected chi connectivity index (χ1v) is 12.6. The lowest BCUT2D eigenvalue weighted by molar-refractivity contribution is -0.123. The molecular weight excluding hydrogens is 478 g/mol. The number of aliphatic hydroxyl groups is 1. The molecule has 0 spiro atoms. The number of rotatable bonds is 6. The molecule has 8 nitrogen and oxygen atoms in total. The topological polar surface area (TPSA) is 111 Å². The first-order chi connectivity index (χ1) is 18.2. The summed E-state index contributed by atoms with van der Waals surface area (Å²) in [7, 11) is 0. The minimum absolute atomic E-state index is 0.0746. The van der Waals surface area contributed by atoms with E-state index in [9.17, 15) is 14.7 Å². The number of nitrogens with one attached hydrogen (secondary N) is 2. The van der Waals surface area contributed by atoms with Crippen LogP contribution >= 0.6 is 0 Å². The maximum atomic E-state index is 14.1. The van der Waals surface area contributed by atoms with E-state index in [1.165, 1.54) is 17.3 Å². The Morgan fingerprint density at radius 1 is 1.03 bits per heavy atom. The van der Waals surface area contributed by atoms with E-state index in [2.05, 4.69) is 41.3 Å². The summed E-state index contributed by atoms with van der Waals surface area (Å²) in [5, 5.41) is 20.3. The SMILES string of the molecule is CC(C)(C)c1ccc(N(C(=O)c2cn[nH]c2)C(C(=O)N[C@H]2C[C@@H](O)c3ccccc32)c2cccnc2)cc1. The van der Waals surface area contributed by atoms with Gasteiger partial charge in [0.15, 0.2) is 0 Å². The molecule has 0 radical (unpaired) electrons. The molecule has 1 aliphatic rings. The Labute approximate surface area is 221 Å². The lowest BCUT2D eigenvalue weighted by atomic mass is 9.87. The van der Waals surface area contributed by atoms with E-state index in [1.54, 1.807) is 24.5 Å². The van der Waals surface area contributed by atoms with Gasteiger partial charge in [0.05, 0.1) is 23.9 Å². The number of nitrogens with zero attached hydrogens (tertiary/aromatic N) is 3. The van der Waals surface area contributed by atoms with Gasteiger partial charge in [0, 0.05) is 36.3 Å². The highest BCUT2D eigenvalue weighted by atomic mass is 16.3. The summed E-state index contributed by atoms with van der Waals surface area (Å²) < 4.78 is 0. The predicted molar refractivity (Wildman–Crippen MR) is 144 cm³/mol. The second-order valence-electron chi connectivity index (χ2n) is 10.6. The molecule has 2 heterocycles. The van der Waals surface area contributed by atoms with Crippen molar-refractivity contribution in [2.75, 3.05) is 4.90 Å². The van der Waals surface area contributed by atoms with E-state index >= 15 is 0 Å². The fraction of sp³-hybridized carbons (Fsp3) is 0.267. The first kappa shape index (κ1) is 25.4. The van der Waals surface area contributed by atoms with Crippen LogP contribution < -0.4 is 10.2 Å². The van der Waals surface area contributed by atoms with Gasteiger partial charge in [-0.1, -0.05) is 63.2 Å². The molecule has 2 amide bonds. The van der Waals surface area contributed by atoms with Crippen LogP contribution in [0.5, 0.6) is 0 Å². The molecule has 8 heteroatoms. The van der Waals surface area contributed by atoms with Gasteiger partial charge in [-0.05, 0) is 40.3 Å². The number of carbonyl (C=O) groups excluding carboxylic acids is 2. The highest BCUT2D eigenvalue weighted by molar-refractivity contribution is 6.10. The standard InChI is InChI=1S/C30H31N5O3/c1-30(2,3)21-10-12-22(13-11-21)35(29(38)20-17-32-33-18-20)27(19-7-6-14-31-16-19)28(37)34-25-15-26(36)24-9-5-4-8-23(24)25/h4-14,16-18,25-27,36H,15H2,1-3H3,(H,32,33)(H,34,37)/t25-,26+,27?/m0/s1. The maximum Gasteiger partial charge on any atom is 0.262 e. The van der Waals surface area contributed by atoms with Crippen LogP contribution in [0.3, 0.4) is 0 Å². The quantitative estimate of drug-likeness (QED) is 0.346. The zero-order valence-corrected chi connectivity index (χ0v) is 21.6. The Balaban J connectivity index is 1.58. The normalized spacial score (nSPS) is 17.5. The van der Waals surface area contributed by atoms with E-state index in [0.29, 0.717) is 23.2 Å². The zero-order valence-electron chi connectivity index (χ0n) is 21.6. The van der Waals surface area contributed by atoms with Crippen LogP contribution in [0.1, 0.15) is 78.0 Å². The number of carbonyl (C=O) groups is 2. The molecule has 38 heavy (non-hydrogen) atoms. The van der Waals surface area contributed by atoms with Crippen LogP contribution in [0.25, 0.3) is 0 Å². The number of aliphatic hydroxyl groups excluding tert-OH is 1. The molecule has 194 valence electrons. The molecule has 5 rings (SSSR count). The summed E-state index contributed by atoms with van der Waals surface area (Å²) in [6, 6.07) is 17.4. The number of hydrogen-bond donors (Lipinski definition) is 3. The summed E-state index contributed by atoms with van der Waals surface area (Å²) in [6.07, 6.45) is 5.88. The number of pyridine rings is 1. The van der Waals surface area contributed by atoms with Crippen LogP contribution in [0.4, 0.5) is 5.69 Å². The number of amides is 2. The molecule has 1 unspecified atom stereocenters. The van der Waals surface area contributed by atoms with Crippen LogP contribution in [0.15, 0.2) is 85.5 Å². The van der Waals surface area contributed by atoms with Crippen molar-refractivity contribution in [1.29, 1.82) is 0 Å². The number of benzene rings is 2. The minimum Gasteiger partial charge on any atom is -0.388 e. The van der Waals surface area contributed by atoms with Gasteiger partial charge in [0.1, 0.15) is 6.04 Å². The summed E-state index contributed by atoms with van der Waals surface area (Å²) in [5.74, 6) is -0.748. The lowest BCUT2D eigenvalue weighted by Gasteiger charge is -2.32. The smallest absolute Gasteiger partial charge is 0.262 e. The number of hydrogen-bond acceptors (Lipinski definition) is 5. The summed E-state index contributed by atoms with van der Waals surface area (Å²) in [5.41, 5.74) is 4.17. The van der Waals surface area contributed by atoms with Crippen molar-refractivity contribution in [1.82, 2.24) is 20.5 Å². The van der Waals surface area contributed by atoms with Crippen LogP contribution in [0.2, 0.25) is 0 Å². The highest BCUT2D eigenvalue weighted by Gasteiger charge is 2.37. The Morgan fingerprint density at radius 2 is 1.76 bits per heavy atom. The van der Waals surface area contributed by atoms with Gasteiger partial charge in [-0.25, -0.2) is 0 Å². The first-order valence-electron chi connectivity index (χ1n) is 12.6. The summed E-state index contributed by atoms with van der Waals surface area (Å²) in [4.78, 5) is 33.7. The molecule has 1 aliphatic carbocycles. The van der Waals surface area contributed by atoms with Crippen molar-refractivity contribution >= 4 is 17.5 Å². The van der Waals surface area contributed by atoms with E-state index in [-0.39, 0.29) is 23.3 Å². The van der Waals surface area contributed by atoms with Crippen LogP contribution in [-0.2, 0) is 10.2 Å². The Hall–Kier alpha value is -4.30. The molecule has 3 N–H and O–H groups in total. The lowest BCUT2D eigenvalue weighted by Crippen LogP contribution is -2.44. The number of H-pyrrole nitrogens is 1. The van der Waals surface area contributed by atoms with Crippen molar-refractivity contribution in [2.24, 2.45) is 0 Å². The number of fused-ring (bicyclic) bond motifs is 1. The Bertz CT molecular complexity index is 1410. The second-order valence-corrected chi connectivity index (χ2v) is 10.6. The number of anilines is 1. The molecule has 0 fully saturated rings. The fourth-order valence-corrected chi connectivity index (χ4v) is 4.96. The Kier molecular flexibility index (Phi) is 6.82. The monoisotopic (exact) mass is 509 g/mol. The highest BCUT2D eigenvalue weighted by Crippen LogP contribution is 2.39. The van der Waals surface area contributed by atoms with Gasteiger partial charge < -0.3 is 10.4 Å². The summed E-state index contributed by atoms with van der Waals surface area (Å²) in [6.45, 7) is 6.36. The number of aromatic amines is 1. The Morgan fingerprint density at radius 3 is 2.39 bits per heavy atom. The summed E-state index contributed by atoms with van der Waals surface area (Å²) >= 11 is 0. The van der Waals surface area contributed by atoms with Gasteiger partial charge >= 0.3 is 0 Å². The predicted octanol–water partition coefficient (Wildman–Crippen LogP) is 4.78. The van der Waals surface area contributed by atoms with Crippen LogP contribution in [0, 0.1) is 0 Å². The fourth-order valence-electron chi connectivity index (χ4n) is 4.96. The number of aromatic nitrogens is 3. The second kappa shape index (κ2) is 10.2. The average molecular weight is 510 g/mol. The molecule has 0 bridgehead atoms.